The molecule has 0 aromatic carbocycles. The Morgan fingerprint density at radius 2 is 2.26 bits per heavy atom. The van der Waals surface area contributed by atoms with Crippen molar-refractivity contribution in [1.82, 2.24) is 29.8 Å². The first-order valence-electron chi connectivity index (χ1n) is 10.9. The van der Waals surface area contributed by atoms with E-state index in [2.05, 4.69) is 40.2 Å². The van der Waals surface area contributed by atoms with Crippen molar-refractivity contribution < 1.29 is 14.6 Å². The highest BCUT2D eigenvalue weighted by atomic mass is 16.5. The van der Waals surface area contributed by atoms with Crippen LogP contribution in [0.15, 0.2) is 30.7 Å². The molecule has 1 N–H and O–H groups in total. The van der Waals surface area contributed by atoms with Gasteiger partial charge in [-0.1, -0.05) is 18.2 Å². The van der Waals surface area contributed by atoms with Crippen LogP contribution >= 0.6 is 0 Å². The van der Waals surface area contributed by atoms with Crippen LogP contribution in [0.25, 0.3) is 0 Å². The standard InChI is InChI=1S/C22H34N6O3/c1-17-11-28(18(2)15-29)22(30)7-5-9-27-13-20(24-25-27)16-31-21(17)14-26(3)12-19-6-4-8-23-10-19/h4,6,8,10,13,17-18,21,29H,5,7,9,11-12,14-16H2,1-3H3/t17-,18-,21-/m0/s1. The van der Waals surface area contributed by atoms with E-state index in [-0.39, 0.29) is 30.6 Å². The molecule has 3 rings (SSSR count). The fourth-order valence-corrected chi connectivity index (χ4v) is 3.87. The maximum Gasteiger partial charge on any atom is 0.222 e. The second kappa shape index (κ2) is 11.3. The fraction of sp³-hybridized carbons (Fsp3) is 0.636. The molecule has 1 amide bonds. The van der Waals surface area contributed by atoms with Crippen molar-refractivity contribution in [1.29, 1.82) is 0 Å². The number of hydrogen-bond donors (Lipinski definition) is 1. The van der Waals surface area contributed by atoms with Crippen LogP contribution in [0.3, 0.4) is 0 Å². The molecule has 1 aliphatic rings. The summed E-state index contributed by atoms with van der Waals surface area (Å²) in [5.74, 6) is 0.126. The summed E-state index contributed by atoms with van der Waals surface area (Å²) in [7, 11) is 2.06. The second-order valence-electron chi connectivity index (χ2n) is 8.54. The van der Waals surface area contributed by atoms with Crippen LogP contribution < -0.4 is 0 Å². The van der Waals surface area contributed by atoms with Crippen molar-refractivity contribution in [3.63, 3.8) is 0 Å². The number of nitrogens with zero attached hydrogens (tertiary/aromatic N) is 6. The van der Waals surface area contributed by atoms with Gasteiger partial charge in [-0.2, -0.15) is 0 Å². The maximum atomic E-state index is 12.9. The molecule has 1 aliphatic heterocycles. The highest BCUT2D eigenvalue weighted by Gasteiger charge is 2.28. The van der Waals surface area contributed by atoms with Gasteiger partial charge in [-0.05, 0) is 32.0 Å². The van der Waals surface area contributed by atoms with Crippen LogP contribution in [0, 0.1) is 5.92 Å². The van der Waals surface area contributed by atoms with Crippen molar-refractivity contribution in [2.24, 2.45) is 5.92 Å². The lowest BCUT2D eigenvalue weighted by Crippen LogP contribution is -2.47. The molecule has 0 radical (unpaired) electrons. The number of rotatable bonds is 6. The predicted molar refractivity (Wildman–Crippen MR) is 116 cm³/mol. The fourth-order valence-electron chi connectivity index (χ4n) is 3.87. The molecule has 170 valence electrons. The molecular formula is C22H34N6O3. The summed E-state index contributed by atoms with van der Waals surface area (Å²) in [6, 6.07) is 3.76. The Labute approximate surface area is 184 Å². The first-order chi connectivity index (χ1) is 15.0. The third-order valence-corrected chi connectivity index (χ3v) is 5.71. The summed E-state index contributed by atoms with van der Waals surface area (Å²) in [4.78, 5) is 21.1. The Morgan fingerprint density at radius 3 is 3.00 bits per heavy atom. The number of amides is 1. The lowest BCUT2D eigenvalue weighted by Gasteiger charge is -2.35. The molecule has 0 spiro atoms. The third-order valence-electron chi connectivity index (χ3n) is 5.71. The van der Waals surface area contributed by atoms with Crippen molar-refractivity contribution in [3.8, 4) is 0 Å². The van der Waals surface area contributed by atoms with Crippen molar-refractivity contribution in [3.05, 3.63) is 42.0 Å². The number of fused-ring (bicyclic) bond motifs is 2. The highest BCUT2D eigenvalue weighted by molar-refractivity contribution is 5.76. The number of aromatic nitrogens is 4. The summed E-state index contributed by atoms with van der Waals surface area (Å²) in [6.07, 6.45) is 6.51. The molecule has 0 fully saturated rings. The normalized spacial score (nSPS) is 22.0. The largest absolute Gasteiger partial charge is 0.394 e. The maximum absolute atomic E-state index is 12.9. The van der Waals surface area contributed by atoms with Gasteiger partial charge in [0.05, 0.1) is 31.6 Å². The van der Waals surface area contributed by atoms with E-state index in [0.717, 1.165) is 17.8 Å². The molecular weight excluding hydrogens is 396 g/mol. The number of carbonyl (C=O) groups is 1. The average molecular weight is 431 g/mol. The smallest absolute Gasteiger partial charge is 0.222 e. The van der Waals surface area contributed by atoms with Gasteiger partial charge >= 0.3 is 0 Å². The summed E-state index contributed by atoms with van der Waals surface area (Å²) in [6.45, 7) is 6.92. The molecule has 9 heteroatoms. The molecule has 0 aliphatic carbocycles. The van der Waals surface area contributed by atoms with Crippen LogP contribution in [0.5, 0.6) is 0 Å². The van der Waals surface area contributed by atoms with Gasteiger partial charge in [0.25, 0.3) is 0 Å². The third kappa shape index (κ3) is 6.81. The van der Waals surface area contributed by atoms with E-state index in [1.807, 2.05) is 25.4 Å². The van der Waals surface area contributed by atoms with Crippen LogP contribution in [0.2, 0.25) is 0 Å². The lowest BCUT2D eigenvalue weighted by atomic mass is 10.0. The first kappa shape index (κ1) is 23.3. The molecule has 0 unspecified atom stereocenters. The van der Waals surface area contributed by atoms with Crippen molar-refractivity contribution in [2.45, 2.75) is 58.5 Å². The number of ether oxygens (including phenoxy) is 1. The minimum absolute atomic E-state index is 0.0513. The molecule has 2 aromatic rings. The van der Waals surface area contributed by atoms with Gasteiger partial charge < -0.3 is 14.7 Å². The number of aryl methyl sites for hydroxylation is 1. The van der Waals surface area contributed by atoms with E-state index in [1.54, 1.807) is 15.8 Å². The van der Waals surface area contributed by atoms with Crippen LogP contribution in [-0.4, -0.2) is 79.7 Å². The van der Waals surface area contributed by atoms with Crippen molar-refractivity contribution >= 4 is 5.91 Å². The monoisotopic (exact) mass is 430 g/mol. The van der Waals surface area contributed by atoms with Gasteiger partial charge in [0, 0.05) is 50.9 Å². The van der Waals surface area contributed by atoms with E-state index >= 15 is 0 Å². The minimum atomic E-state index is -0.230. The predicted octanol–water partition coefficient (Wildman–Crippen LogP) is 1.33. The Balaban J connectivity index is 1.76. The van der Waals surface area contributed by atoms with Gasteiger partial charge in [-0.15, -0.1) is 5.10 Å². The molecule has 3 atom stereocenters. The van der Waals surface area contributed by atoms with Gasteiger partial charge in [0.1, 0.15) is 5.69 Å². The summed E-state index contributed by atoms with van der Waals surface area (Å²) in [5, 5.41) is 18.1. The van der Waals surface area contributed by atoms with Crippen LogP contribution in [-0.2, 0) is 29.2 Å². The zero-order valence-electron chi connectivity index (χ0n) is 18.7. The van der Waals surface area contributed by atoms with E-state index in [4.69, 9.17) is 4.74 Å². The Morgan fingerprint density at radius 1 is 1.42 bits per heavy atom. The SMILES string of the molecule is C[C@H]1CN([C@@H](C)CO)C(=O)CCCn2cc(nn2)CO[C@H]1CN(C)Cc1cccnc1. The van der Waals surface area contributed by atoms with Gasteiger partial charge in [0.15, 0.2) is 0 Å². The molecule has 2 bridgehead atoms. The summed E-state index contributed by atoms with van der Waals surface area (Å²) >= 11 is 0. The summed E-state index contributed by atoms with van der Waals surface area (Å²) in [5.41, 5.74) is 1.93. The number of carbonyl (C=O) groups excluding carboxylic acids is 1. The number of aliphatic hydroxyl groups is 1. The topological polar surface area (TPSA) is 96.6 Å². The molecule has 2 aromatic heterocycles. The zero-order valence-corrected chi connectivity index (χ0v) is 18.7. The zero-order chi connectivity index (χ0) is 22.2. The summed E-state index contributed by atoms with van der Waals surface area (Å²) < 4.78 is 8.06. The van der Waals surface area contributed by atoms with E-state index in [0.29, 0.717) is 39.1 Å². The van der Waals surface area contributed by atoms with E-state index in [9.17, 15) is 9.90 Å². The minimum Gasteiger partial charge on any atom is -0.394 e. The average Bonchev–Trinajstić information content (AvgIpc) is 3.22. The van der Waals surface area contributed by atoms with E-state index in [1.165, 1.54) is 0 Å². The number of aliphatic hydroxyl groups excluding tert-OH is 1. The molecule has 0 saturated carbocycles. The first-order valence-corrected chi connectivity index (χ1v) is 10.9. The van der Waals surface area contributed by atoms with Gasteiger partial charge in [0.2, 0.25) is 5.91 Å². The number of hydrogen-bond acceptors (Lipinski definition) is 7. The Kier molecular flexibility index (Phi) is 8.51. The quantitative estimate of drug-likeness (QED) is 0.738. The van der Waals surface area contributed by atoms with Crippen molar-refractivity contribution in [2.75, 3.05) is 26.7 Å². The van der Waals surface area contributed by atoms with Crippen LogP contribution in [0.1, 0.15) is 37.9 Å². The van der Waals surface area contributed by atoms with Gasteiger partial charge in [-0.3, -0.25) is 19.4 Å². The lowest BCUT2D eigenvalue weighted by molar-refractivity contribution is -0.136. The number of likely N-dealkylation sites (N-methyl/N-ethyl adjacent to an activating group) is 1. The Bertz CT molecular complexity index is 815. The Hall–Kier alpha value is -2.36. The highest BCUT2D eigenvalue weighted by Crippen LogP contribution is 2.18. The second-order valence-corrected chi connectivity index (χ2v) is 8.54. The molecule has 31 heavy (non-hydrogen) atoms. The number of pyridine rings is 1. The molecule has 9 nitrogen and oxygen atoms in total. The van der Waals surface area contributed by atoms with E-state index < -0.39 is 0 Å². The van der Waals surface area contributed by atoms with Crippen LogP contribution in [0.4, 0.5) is 0 Å². The molecule has 3 heterocycles. The molecule has 0 saturated heterocycles. The van der Waals surface area contributed by atoms with Gasteiger partial charge in [-0.25, -0.2) is 0 Å².